The van der Waals surface area contributed by atoms with E-state index >= 15 is 0 Å². The van der Waals surface area contributed by atoms with Gasteiger partial charge in [-0.15, -0.1) is 0 Å². The lowest BCUT2D eigenvalue weighted by Gasteiger charge is -2.30. The van der Waals surface area contributed by atoms with Crippen LogP contribution in [0.25, 0.3) is 5.70 Å². The number of para-hydroxylation sites is 1. The molecule has 3 rings (SSSR count). The standard InChI is InChI=1S/C22H24N2O5/c1-4-28-16-13-9-12-15(20(16)27-3)19-17(21(25)29-5-2)18(23-22(26)24-19)14-10-7-6-8-11-14/h6-13,19H,4-5H2,1-3H3,(H2,23,24,26)/t19-/m0/s1. The Labute approximate surface area is 169 Å². The van der Waals surface area contributed by atoms with E-state index in [1.165, 1.54) is 7.11 Å². The van der Waals surface area contributed by atoms with E-state index in [-0.39, 0.29) is 6.61 Å². The number of rotatable bonds is 7. The van der Waals surface area contributed by atoms with Crippen LogP contribution in [0.15, 0.2) is 54.1 Å². The van der Waals surface area contributed by atoms with E-state index in [0.29, 0.717) is 40.5 Å². The van der Waals surface area contributed by atoms with Crippen LogP contribution >= 0.6 is 0 Å². The van der Waals surface area contributed by atoms with Crippen molar-refractivity contribution in [3.63, 3.8) is 0 Å². The number of nitrogens with one attached hydrogen (secondary N) is 2. The number of amides is 2. The third-order valence-corrected chi connectivity index (χ3v) is 4.45. The Morgan fingerprint density at radius 2 is 1.79 bits per heavy atom. The Morgan fingerprint density at radius 1 is 1.03 bits per heavy atom. The molecule has 0 bridgehead atoms. The minimum absolute atomic E-state index is 0.210. The third-order valence-electron chi connectivity index (χ3n) is 4.45. The molecule has 0 radical (unpaired) electrons. The minimum Gasteiger partial charge on any atom is -0.492 e. The number of ether oxygens (including phenoxy) is 3. The topological polar surface area (TPSA) is 85.9 Å². The third kappa shape index (κ3) is 4.18. The molecule has 1 aliphatic heterocycles. The number of urea groups is 1. The van der Waals surface area contributed by atoms with E-state index in [9.17, 15) is 9.59 Å². The monoisotopic (exact) mass is 396 g/mol. The number of methoxy groups -OCH3 is 1. The highest BCUT2D eigenvalue weighted by Gasteiger charge is 2.36. The van der Waals surface area contributed by atoms with Gasteiger partial charge in [-0.1, -0.05) is 42.5 Å². The summed E-state index contributed by atoms with van der Waals surface area (Å²) in [6.45, 7) is 4.27. The van der Waals surface area contributed by atoms with E-state index in [0.717, 1.165) is 0 Å². The minimum atomic E-state index is -0.770. The van der Waals surface area contributed by atoms with E-state index in [1.54, 1.807) is 25.1 Å². The van der Waals surface area contributed by atoms with Crippen LogP contribution in [0.4, 0.5) is 4.79 Å². The fourth-order valence-corrected chi connectivity index (χ4v) is 3.31. The number of hydrogen-bond acceptors (Lipinski definition) is 5. The summed E-state index contributed by atoms with van der Waals surface area (Å²) in [4.78, 5) is 25.4. The van der Waals surface area contributed by atoms with Crippen LogP contribution in [0.1, 0.15) is 31.0 Å². The maximum absolute atomic E-state index is 12.9. The number of benzene rings is 2. The van der Waals surface area contributed by atoms with Crippen LogP contribution in [0.2, 0.25) is 0 Å². The predicted molar refractivity (Wildman–Crippen MR) is 109 cm³/mol. The quantitative estimate of drug-likeness (QED) is 0.701. The van der Waals surface area contributed by atoms with Gasteiger partial charge in [0.1, 0.15) is 0 Å². The predicted octanol–water partition coefficient (Wildman–Crippen LogP) is 3.42. The summed E-state index contributed by atoms with van der Waals surface area (Å²) in [6.07, 6.45) is 0. The van der Waals surface area contributed by atoms with Gasteiger partial charge in [-0.25, -0.2) is 9.59 Å². The molecule has 1 atom stereocenters. The lowest BCUT2D eigenvalue weighted by molar-refractivity contribution is -0.138. The van der Waals surface area contributed by atoms with Crippen LogP contribution in [0.5, 0.6) is 11.5 Å². The van der Waals surface area contributed by atoms with E-state index in [4.69, 9.17) is 14.2 Å². The van der Waals surface area contributed by atoms with Gasteiger partial charge < -0.3 is 24.8 Å². The molecule has 0 fully saturated rings. The first kappa shape index (κ1) is 20.3. The Hall–Kier alpha value is -3.48. The zero-order valence-corrected chi connectivity index (χ0v) is 16.7. The van der Waals surface area contributed by atoms with Gasteiger partial charge in [-0.05, 0) is 25.5 Å². The lowest BCUT2D eigenvalue weighted by atomic mass is 9.92. The highest BCUT2D eigenvalue weighted by Crippen LogP contribution is 2.40. The zero-order chi connectivity index (χ0) is 20.8. The smallest absolute Gasteiger partial charge is 0.338 e. The number of carbonyl (C=O) groups is 2. The van der Waals surface area contributed by atoms with Gasteiger partial charge in [-0.2, -0.15) is 0 Å². The van der Waals surface area contributed by atoms with Crippen molar-refractivity contribution >= 4 is 17.7 Å². The molecule has 1 aliphatic rings. The molecule has 1 heterocycles. The fourth-order valence-electron chi connectivity index (χ4n) is 3.31. The Morgan fingerprint density at radius 3 is 2.45 bits per heavy atom. The average Bonchev–Trinajstić information content (AvgIpc) is 2.74. The van der Waals surface area contributed by atoms with Crippen LogP contribution in [0.3, 0.4) is 0 Å². The van der Waals surface area contributed by atoms with Crippen molar-refractivity contribution in [1.82, 2.24) is 10.6 Å². The van der Waals surface area contributed by atoms with Crippen molar-refractivity contribution in [3.8, 4) is 11.5 Å². The van der Waals surface area contributed by atoms with E-state index in [2.05, 4.69) is 10.6 Å². The summed E-state index contributed by atoms with van der Waals surface area (Å²) >= 11 is 0. The highest BCUT2D eigenvalue weighted by molar-refractivity contribution is 6.04. The molecule has 152 valence electrons. The van der Waals surface area contributed by atoms with Crippen molar-refractivity contribution in [2.45, 2.75) is 19.9 Å². The molecule has 7 nitrogen and oxygen atoms in total. The molecule has 0 saturated heterocycles. The van der Waals surface area contributed by atoms with Gasteiger partial charge in [-0.3, -0.25) is 0 Å². The summed E-state index contributed by atoms with van der Waals surface area (Å²) < 4.78 is 16.5. The molecule has 0 aliphatic carbocycles. The Bertz CT molecular complexity index is 924. The molecule has 2 aromatic carbocycles. The summed E-state index contributed by atoms with van der Waals surface area (Å²) in [7, 11) is 1.52. The first-order valence-electron chi connectivity index (χ1n) is 9.44. The van der Waals surface area contributed by atoms with E-state index < -0.39 is 18.0 Å². The molecule has 29 heavy (non-hydrogen) atoms. The molecule has 2 aromatic rings. The van der Waals surface area contributed by atoms with Gasteiger partial charge in [0, 0.05) is 5.56 Å². The SMILES string of the molecule is CCOC(=O)C1=C(c2ccccc2)NC(=O)N[C@H]1c1cccc(OCC)c1OC. The van der Waals surface area contributed by atoms with Crippen LogP contribution < -0.4 is 20.1 Å². The molecule has 0 unspecified atom stereocenters. The van der Waals surface area contributed by atoms with Gasteiger partial charge in [0.05, 0.1) is 37.6 Å². The number of esters is 1. The van der Waals surface area contributed by atoms with Crippen molar-refractivity contribution in [2.24, 2.45) is 0 Å². The largest absolute Gasteiger partial charge is 0.492 e. The average molecular weight is 396 g/mol. The summed E-state index contributed by atoms with van der Waals surface area (Å²) in [5, 5.41) is 5.58. The van der Waals surface area contributed by atoms with Crippen molar-refractivity contribution < 1.29 is 23.8 Å². The summed E-state index contributed by atoms with van der Waals surface area (Å²) in [5.41, 5.74) is 2.01. The maximum Gasteiger partial charge on any atom is 0.338 e. The molecule has 0 saturated carbocycles. The fraction of sp³-hybridized carbons (Fsp3) is 0.273. The second-order valence-electron chi connectivity index (χ2n) is 6.22. The Balaban J connectivity index is 2.22. The van der Waals surface area contributed by atoms with Gasteiger partial charge >= 0.3 is 12.0 Å². The zero-order valence-electron chi connectivity index (χ0n) is 16.7. The van der Waals surface area contributed by atoms with Crippen molar-refractivity contribution in [3.05, 3.63) is 65.2 Å². The van der Waals surface area contributed by atoms with Gasteiger partial charge in [0.25, 0.3) is 0 Å². The lowest BCUT2D eigenvalue weighted by Crippen LogP contribution is -2.45. The summed E-state index contributed by atoms with van der Waals surface area (Å²) in [6, 6.07) is 13.4. The molecular weight excluding hydrogens is 372 g/mol. The first-order valence-corrected chi connectivity index (χ1v) is 9.44. The first-order chi connectivity index (χ1) is 14.1. The molecular formula is C22H24N2O5. The summed E-state index contributed by atoms with van der Waals surface area (Å²) in [5.74, 6) is 0.466. The number of hydrogen-bond donors (Lipinski definition) is 2. The molecule has 0 aromatic heterocycles. The molecule has 0 spiro atoms. The Kier molecular flexibility index (Phi) is 6.39. The van der Waals surface area contributed by atoms with Gasteiger partial charge in [0.2, 0.25) is 0 Å². The van der Waals surface area contributed by atoms with Crippen LogP contribution in [-0.2, 0) is 9.53 Å². The van der Waals surface area contributed by atoms with Gasteiger partial charge in [0.15, 0.2) is 11.5 Å². The van der Waals surface area contributed by atoms with Crippen molar-refractivity contribution in [1.29, 1.82) is 0 Å². The van der Waals surface area contributed by atoms with Crippen LogP contribution in [-0.4, -0.2) is 32.3 Å². The van der Waals surface area contributed by atoms with E-state index in [1.807, 2.05) is 37.3 Å². The normalized spacial score (nSPS) is 16.0. The molecule has 2 N–H and O–H groups in total. The molecule has 2 amide bonds. The highest BCUT2D eigenvalue weighted by atomic mass is 16.5. The second kappa shape index (κ2) is 9.14. The van der Waals surface area contributed by atoms with Crippen LogP contribution in [0, 0.1) is 0 Å². The second-order valence-corrected chi connectivity index (χ2v) is 6.22. The maximum atomic E-state index is 12.9. The van der Waals surface area contributed by atoms with Crippen molar-refractivity contribution in [2.75, 3.05) is 20.3 Å². The molecule has 7 heteroatoms. The number of carbonyl (C=O) groups excluding carboxylic acids is 2.